The van der Waals surface area contributed by atoms with Crippen molar-refractivity contribution < 1.29 is 4.52 Å². The minimum absolute atomic E-state index is 0.134. The minimum Gasteiger partial charge on any atom is -0.338 e. The first-order valence-electron chi connectivity index (χ1n) is 5.36. The van der Waals surface area contributed by atoms with Crippen LogP contribution in [0, 0.1) is 0 Å². The molecule has 0 saturated heterocycles. The molecule has 0 N–H and O–H groups in total. The van der Waals surface area contributed by atoms with Gasteiger partial charge in [-0.3, -0.25) is 0 Å². The van der Waals surface area contributed by atoms with Gasteiger partial charge in [0.15, 0.2) is 0 Å². The molecule has 0 saturated carbocycles. The Bertz CT molecular complexity index is 484. The van der Waals surface area contributed by atoms with Crippen LogP contribution in [0.4, 0.5) is 0 Å². The molecule has 0 fully saturated rings. The highest BCUT2D eigenvalue weighted by atomic mass is 79.9. The van der Waals surface area contributed by atoms with Gasteiger partial charge in [0, 0.05) is 10.5 Å². The molecule has 0 radical (unpaired) electrons. The van der Waals surface area contributed by atoms with Crippen molar-refractivity contribution in [2.45, 2.75) is 23.1 Å². The van der Waals surface area contributed by atoms with Crippen molar-refractivity contribution in [1.29, 1.82) is 0 Å². The summed E-state index contributed by atoms with van der Waals surface area (Å²) in [6.07, 6.45) is 2.98. The Morgan fingerprint density at radius 3 is 2.65 bits per heavy atom. The van der Waals surface area contributed by atoms with Crippen LogP contribution >= 0.6 is 27.7 Å². The molecule has 90 valence electrons. The van der Waals surface area contributed by atoms with Crippen LogP contribution in [0.2, 0.25) is 0 Å². The lowest BCUT2D eigenvalue weighted by Gasteiger charge is -1.98. The molecule has 1 aromatic carbocycles. The third-order valence-electron chi connectivity index (χ3n) is 2.42. The normalized spacial score (nSPS) is 12.6. The fourth-order valence-corrected chi connectivity index (χ4v) is 1.99. The summed E-state index contributed by atoms with van der Waals surface area (Å²) in [7, 11) is 0. The molecule has 2 aromatic rings. The SMILES string of the molecule is CCC(Br)c1nc(-c2ccc(SC)cc2)no1. The minimum atomic E-state index is 0.134. The molecule has 5 heteroatoms. The van der Waals surface area contributed by atoms with Crippen molar-refractivity contribution in [1.82, 2.24) is 10.1 Å². The van der Waals surface area contributed by atoms with E-state index < -0.39 is 0 Å². The molecule has 1 aromatic heterocycles. The van der Waals surface area contributed by atoms with E-state index in [1.165, 1.54) is 4.90 Å². The van der Waals surface area contributed by atoms with Gasteiger partial charge in [0.25, 0.3) is 0 Å². The fraction of sp³-hybridized carbons (Fsp3) is 0.333. The van der Waals surface area contributed by atoms with E-state index in [0.717, 1.165) is 12.0 Å². The maximum Gasteiger partial charge on any atom is 0.240 e. The second kappa shape index (κ2) is 5.69. The highest BCUT2D eigenvalue weighted by Crippen LogP contribution is 2.27. The van der Waals surface area contributed by atoms with Gasteiger partial charge in [-0.15, -0.1) is 11.8 Å². The zero-order chi connectivity index (χ0) is 12.3. The lowest BCUT2D eigenvalue weighted by Crippen LogP contribution is -1.87. The quantitative estimate of drug-likeness (QED) is 0.623. The molecule has 1 heterocycles. The van der Waals surface area contributed by atoms with Crippen LogP contribution in [-0.4, -0.2) is 16.4 Å². The van der Waals surface area contributed by atoms with Gasteiger partial charge < -0.3 is 4.52 Å². The van der Waals surface area contributed by atoms with E-state index in [9.17, 15) is 0 Å². The number of aromatic nitrogens is 2. The number of hydrogen-bond acceptors (Lipinski definition) is 4. The van der Waals surface area contributed by atoms with Crippen molar-refractivity contribution in [3.05, 3.63) is 30.2 Å². The van der Waals surface area contributed by atoms with E-state index in [1.54, 1.807) is 11.8 Å². The summed E-state index contributed by atoms with van der Waals surface area (Å²) in [5.41, 5.74) is 0.980. The Hall–Kier alpha value is -0.810. The van der Waals surface area contributed by atoms with Crippen LogP contribution in [0.5, 0.6) is 0 Å². The molecule has 0 spiro atoms. The van der Waals surface area contributed by atoms with E-state index >= 15 is 0 Å². The zero-order valence-electron chi connectivity index (χ0n) is 9.68. The first kappa shape index (κ1) is 12.6. The van der Waals surface area contributed by atoms with Crippen LogP contribution in [0.1, 0.15) is 24.1 Å². The van der Waals surface area contributed by atoms with E-state index in [1.807, 2.05) is 12.1 Å². The summed E-state index contributed by atoms with van der Waals surface area (Å²) < 4.78 is 5.22. The molecule has 0 amide bonds. The van der Waals surface area contributed by atoms with Gasteiger partial charge in [-0.2, -0.15) is 4.98 Å². The predicted molar refractivity (Wildman–Crippen MR) is 73.5 cm³/mol. The third-order valence-corrected chi connectivity index (χ3v) is 4.20. The van der Waals surface area contributed by atoms with Crippen molar-refractivity contribution >= 4 is 27.7 Å². The maximum absolute atomic E-state index is 5.22. The van der Waals surface area contributed by atoms with Crippen molar-refractivity contribution in [3.8, 4) is 11.4 Å². The summed E-state index contributed by atoms with van der Waals surface area (Å²) in [6, 6.07) is 8.13. The molecular weight excluding hydrogens is 300 g/mol. The number of thioether (sulfide) groups is 1. The Morgan fingerprint density at radius 1 is 1.35 bits per heavy atom. The summed E-state index contributed by atoms with van der Waals surface area (Å²) in [6.45, 7) is 2.07. The molecular formula is C12H13BrN2OS. The van der Waals surface area contributed by atoms with Gasteiger partial charge in [-0.25, -0.2) is 0 Å². The molecule has 3 nitrogen and oxygen atoms in total. The molecule has 1 atom stereocenters. The van der Waals surface area contributed by atoms with Crippen LogP contribution in [0.15, 0.2) is 33.7 Å². The highest BCUT2D eigenvalue weighted by molar-refractivity contribution is 9.09. The van der Waals surface area contributed by atoms with Crippen LogP contribution in [-0.2, 0) is 0 Å². The number of benzene rings is 1. The van der Waals surface area contributed by atoms with Gasteiger partial charge in [-0.1, -0.05) is 28.0 Å². The summed E-state index contributed by atoms with van der Waals surface area (Å²) in [5, 5.41) is 3.99. The Morgan fingerprint density at radius 2 is 2.06 bits per heavy atom. The summed E-state index contributed by atoms with van der Waals surface area (Å²) >= 11 is 5.21. The number of halogens is 1. The lowest BCUT2D eigenvalue weighted by atomic mass is 10.2. The van der Waals surface area contributed by atoms with Gasteiger partial charge in [0.2, 0.25) is 11.7 Å². The van der Waals surface area contributed by atoms with Gasteiger partial charge in [0.1, 0.15) is 0 Å². The lowest BCUT2D eigenvalue weighted by molar-refractivity contribution is 0.377. The Kier molecular flexibility index (Phi) is 4.23. The van der Waals surface area contributed by atoms with Gasteiger partial charge in [0.05, 0.1) is 4.83 Å². The first-order valence-corrected chi connectivity index (χ1v) is 7.50. The molecule has 2 rings (SSSR count). The fourth-order valence-electron chi connectivity index (χ4n) is 1.39. The number of rotatable bonds is 4. The Balaban J connectivity index is 2.24. The van der Waals surface area contributed by atoms with Gasteiger partial charge in [-0.05, 0) is 36.9 Å². The number of nitrogens with zero attached hydrogens (tertiary/aromatic N) is 2. The van der Waals surface area contributed by atoms with Crippen LogP contribution in [0.25, 0.3) is 11.4 Å². The zero-order valence-corrected chi connectivity index (χ0v) is 12.1. The standard InChI is InChI=1S/C12H13BrN2OS/c1-3-10(13)12-14-11(15-16-12)8-4-6-9(17-2)7-5-8/h4-7,10H,3H2,1-2H3. The smallest absolute Gasteiger partial charge is 0.240 e. The van der Waals surface area contributed by atoms with Crippen LogP contribution in [0.3, 0.4) is 0 Å². The first-order chi connectivity index (χ1) is 8.24. The second-order valence-corrected chi connectivity index (χ2v) is 5.55. The van der Waals surface area contributed by atoms with E-state index in [2.05, 4.69) is 51.4 Å². The number of hydrogen-bond donors (Lipinski definition) is 0. The Labute approximate surface area is 113 Å². The van der Waals surface area contributed by atoms with Gasteiger partial charge >= 0.3 is 0 Å². The average Bonchev–Trinajstić information content (AvgIpc) is 2.87. The van der Waals surface area contributed by atoms with E-state index in [-0.39, 0.29) is 4.83 Å². The molecule has 17 heavy (non-hydrogen) atoms. The molecule has 0 aliphatic carbocycles. The largest absolute Gasteiger partial charge is 0.338 e. The summed E-state index contributed by atoms with van der Waals surface area (Å²) in [4.78, 5) is 5.74. The molecule has 0 bridgehead atoms. The second-order valence-electron chi connectivity index (χ2n) is 3.56. The average molecular weight is 313 g/mol. The summed E-state index contributed by atoms with van der Waals surface area (Å²) in [5.74, 6) is 1.28. The maximum atomic E-state index is 5.22. The van der Waals surface area contributed by atoms with Crippen LogP contribution < -0.4 is 0 Å². The van der Waals surface area contributed by atoms with E-state index in [0.29, 0.717) is 11.7 Å². The van der Waals surface area contributed by atoms with E-state index in [4.69, 9.17) is 4.52 Å². The highest BCUT2D eigenvalue weighted by Gasteiger charge is 2.14. The molecule has 1 unspecified atom stereocenters. The molecule has 0 aliphatic heterocycles. The monoisotopic (exact) mass is 312 g/mol. The molecule has 0 aliphatic rings. The predicted octanol–water partition coefficient (Wildman–Crippen LogP) is 4.30. The van der Waals surface area contributed by atoms with Crippen molar-refractivity contribution in [2.24, 2.45) is 0 Å². The topological polar surface area (TPSA) is 38.9 Å². The van der Waals surface area contributed by atoms with Crippen molar-refractivity contribution in [3.63, 3.8) is 0 Å². The third kappa shape index (κ3) is 2.90. The van der Waals surface area contributed by atoms with Crippen molar-refractivity contribution in [2.75, 3.05) is 6.26 Å². The number of alkyl halides is 1.